The summed E-state index contributed by atoms with van der Waals surface area (Å²) in [7, 11) is -0.855. The molecule has 2 aromatic carbocycles. The van der Waals surface area contributed by atoms with Gasteiger partial charge in [-0.1, -0.05) is 17.7 Å². The van der Waals surface area contributed by atoms with Crippen LogP contribution in [-0.4, -0.2) is 53.1 Å². The highest BCUT2D eigenvalue weighted by Gasteiger charge is 2.32. The lowest BCUT2D eigenvalue weighted by molar-refractivity contribution is 0.371. The molecular weight excluding hydrogens is 400 g/mol. The smallest absolute Gasteiger partial charge is 0.247 e. The van der Waals surface area contributed by atoms with Crippen molar-refractivity contribution in [3.8, 4) is 11.5 Å². The molecule has 0 aliphatic carbocycles. The molecule has 1 saturated heterocycles. The van der Waals surface area contributed by atoms with Gasteiger partial charge in [0.25, 0.3) is 0 Å². The van der Waals surface area contributed by atoms with Crippen LogP contribution in [0.1, 0.15) is 11.1 Å². The fourth-order valence-electron chi connectivity index (χ4n) is 3.28. The molecule has 0 N–H and O–H groups in total. The molecule has 28 heavy (non-hydrogen) atoms. The first kappa shape index (κ1) is 20.8. The molecule has 1 aliphatic rings. The van der Waals surface area contributed by atoms with Crippen LogP contribution in [0.2, 0.25) is 5.02 Å². The Morgan fingerprint density at radius 2 is 1.54 bits per heavy atom. The van der Waals surface area contributed by atoms with Gasteiger partial charge in [0.05, 0.1) is 19.2 Å². The van der Waals surface area contributed by atoms with Crippen molar-refractivity contribution in [1.29, 1.82) is 0 Å². The lowest BCUT2D eigenvalue weighted by Gasteiger charge is -2.35. The van der Waals surface area contributed by atoms with E-state index in [2.05, 4.69) is 36.9 Å². The minimum Gasteiger partial charge on any atom is -0.495 e. The second-order valence-corrected chi connectivity index (χ2v) is 9.11. The van der Waals surface area contributed by atoms with E-state index in [9.17, 15) is 8.42 Å². The summed E-state index contributed by atoms with van der Waals surface area (Å²) in [6, 6.07) is 9.22. The summed E-state index contributed by atoms with van der Waals surface area (Å²) in [4.78, 5) is 2.27. The predicted molar refractivity (Wildman–Crippen MR) is 111 cm³/mol. The Hall–Kier alpha value is -1.96. The number of hydrogen-bond donors (Lipinski definition) is 0. The van der Waals surface area contributed by atoms with E-state index >= 15 is 0 Å². The van der Waals surface area contributed by atoms with Gasteiger partial charge in [0.2, 0.25) is 10.0 Å². The van der Waals surface area contributed by atoms with Gasteiger partial charge in [-0.15, -0.1) is 0 Å². The van der Waals surface area contributed by atoms with E-state index in [-0.39, 0.29) is 10.6 Å². The van der Waals surface area contributed by atoms with E-state index in [4.69, 9.17) is 21.1 Å². The van der Waals surface area contributed by atoms with Gasteiger partial charge in [0, 0.05) is 44.0 Å². The van der Waals surface area contributed by atoms with Crippen molar-refractivity contribution in [3.63, 3.8) is 0 Å². The summed E-state index contributed by atoms with van der Waals surface area (Å²) < 4.78 is 38.4. The zero-order chi connectivity index (χ0) is 20.5. The number of ether oxygens (including phenoxy) is 2. The van der Waals surface area contributed by atoms with E-state index in [1.165, 1.54) is 41.8 Å². The summed E-state index contributed by atoms with van der Waals surface area (Å²) in [5, 5.41) is 0.304. The lowest BCUT2D eigenvalue weighted by Crippen LogP contribution is -2.48. The molecule has 3 rings (SSSR count). The zero-order valence-corrected chi connectivity index (χ0v) is 18.1. The van der Waals surface area contributed by atoms with Gasteiger partial charge in [-0.2, -0.15) is 4.31 Å². The van der Waals surface area contributed by atoms with Crippen LogP contribution in [-0.2, 0) is 10.0 Å². The highest BCUT2D eigenvalue weighted by atomic mass is 35.5. The molecule has 0 spiro atoms. The summed E-state index contributed by atoms with van der Waals surface area (Å²) in [5.41, 5.74) is 3.59. The highest BCUT2D eigenvalue weighted by molar-refractivity contribution is 7.89. The number of benzene rings is 2. The van der Waals surface area contributed by atoms with E-state index in [0.717, 1.165) is 5.69 Å². The van der Waals surface area contributed by atoms with Gasteiger partial charge in [-0.05, 0) is 37.1 Å². The van der Waals surface area contributed by atoms with Gasteiger partial charge in [0.1, 0.15) is 16.4 Å². The first-order valence-corrected chi connectivity index (χ1v) is 10.8. The van der Waals surface area contributed by atoms with Crippen LogP contribution in [0, 0.1) is 13.8 Å². The van der Waals surface area contributed by atoms with Crippen LogP contribution in [0.25, 0.3) is 0 Å². The highest BCUT2D eigenvalue weighted by Crippen LogP contribution is 2.36. The Morgan fingerprint density at radius 3 is 2.11 bits per heavy atom. The summed E-state index contributed by atoms with van der Waals surface area (Å²) in [5.74, 6) is 0.511. The van der Waals surface area contributed by atoms with E-state index in [1.54, 1.807) is 0 Å². The molecule has 0 saturated carbocycles. The van der Waals surface area contributed by atoms with Crippen molar-refractivity contribution in [2.24, 2.45) is 0 Å². The molecule has 1 heterocycles. The second kappa shape index (κ2) is 8.19. The molecule has 8 heteroatoms. The third-order valence-corrected chi connectivity index (χ3v) is 7.37. The van der Waals surface area contributed by atoms with Gasteiger partial charge in [0.15, 0.2) is 0 Å². The van der Waals surface area contributed by atoms with Gasteiger partial charge >= 0.3 is 0 Å². The maximum atomic E-state index is 13.2. The van der Waals surface area contributed by atoms with Gasteiger partial charge in [-0.3, -0.25) is 0 Å². The number of nitrogens with zero attached hydrogens (tertiary/aromatic N) is 2. The first-order chi connectivity index (χ1) is 13.3. The maximum absolute atomic E-state index is 13.2. The monoisotopic (exact) mass is 424 g/mol. The molecular formula is C20H25ClN2O4S. The molecule has 0 bridgehead atoms. The number of rotatable bonds is 5. The van der Waals surface area contributed by atoms with Crippen LogP contribution >= 0.6 is 11.6 Å². The summed E-state index contributed by atoms with van der Waals surface area (Å²) >= 11 is 6.11. The number of methoxy groups -OCH3 is 2. The minimum absolute atomic E-state index is 0.0656. The molecule has 1 aliphatic heterocycles. The Balaban J connectivity index is 1.82. The van der Waals surface area contributed by atoms with E-state index in [1.807, 2.05) is 0 Å². The predicted octanol–water partition coefficient (Wildman–Crippen LogP) is 3.48. The third-order valence-electron chi connectivity index (χ3n) is 5.15. The number of sulfonamides is 1. The normalized spacial score (nSPS) is 15.5. The van der Waals surface area contributed by atoms with Crippen molar-refractivity contribution in [2.75, 3.05) is 45.3 Å². The first-order valence-electron chi connectivity index (χ1n) is 9.02. The molecule has 0 radical (unpaired) electrons. The molecule has 6 nitrogen and oxygen atoms in total. The standard InChI is InChI=1S/C20H25ClN2O4S/c1-14-5-6-16(11-15(14)2)22-7-9-23(10-8-22)28(24,25)20-13-18(26-3)17(21)12-19(20)27-4/h5-6,11-13H,7-10H2,1-4H3. The van der Waals surface area contributed by atoms with Crippen molar-refractivity contribution in [2.45, 2.75) is 18.7 Å². The van der Waals surface area contributed by atoms with Crippen LogP contribution in [0.5, 0.6) is 11.5 Å². The van der Waals surface area contributed by atoms with Crippen molar-refractivity contribution in [1.82, 2.24) is 4.31 Å². The number of aryl methyl sites for hydroxylation is 2. The zero-order valence-electron chi connectivity index (χ0n) is 16.5. The SMILES string of the molecule is COc1cc(S(=O)(=O)N2CCN(c3ccc(C)c(C)c3)CC2)c(OC)cc1Cl. The Morgan fingerprint density at radius 1 is 0.893 bits per heavy atom. The van der Waals surface area contributed by atoms with Gasteiger partial charge < -0.3 is 14.4 Å². The maximum Gasteiger partial charge on any atom is 0.247 e. The Kier molecular flexibility index (Phi) is 6.07. The number of hydrogen-bond acceptors (Lipinski definition) is 5. The largest absolute Gasteiger partial charge is 0.495 e. The third kappa shape index (κ3) is 3.92. The topological polar surface area (TPSA) is 59.1 Å². The van der Waals surface area contributed by atoms with Gasteiger partial charge in [-0.25, -0.2) is 8.42 Å². The minimum atomic E-state index is -3.73. The van der Waals surface area contributed by atoms with Crippen LogP contribution < -0.4 is 14.4 Å². The molecule has 1 fully saturated rings. The van der Waals surface area contributed by atoms with Crippen molar-refractivity contribution in [3.05, 3.63) is 46.5 Å². The summed E-state index contributed by atoms with van der Waals surface area (Å²) in [6.45, 7) is 6.19. The summed E-state index contributed by atoms with van der Waals surface area (Å²) in [6.07, 6.45) is 0. The fraction of sp³-hybridized carbons (Fsp3) is 0.400. The lowest BCUT2D eigenvalue weighted by atomic mass is 10.1. The van der Waals surface area contributed by atoms with Crippen LogP contribution in [0.3, 0.4) is 0 Å². The van der Waals surface area contributed by atoms with Crippen LogP contribution in [0.4, 0.5) is 5.69 Å². The second-order valence-electron chi connectivity index (χ2n) is 6.80. The molecule has 152 valence electrons. The number of halogens is 1. The molecule has 0 unspecified atom stereocenters. The van der Waals surface area contributed by atoms with Crippen LogP contribution in [0.15, 0.2) is 35.2 Å². The number of anilines is 1. The van der Waals surface area contributed by atoms with E-state index in [0.29, 0.717) is 37.0 Å². The average Bonchev–Trinajstić information content (AvgIpc) is 2.69. The fourth-order valence-corrected chi connectivity index (χ4v) is 5.09. The van der Waals surface area contributed by atoms with Crippen molar-refractivity contribution >= 4 is 27.3 Å². The molecule has 0 aromatic heterocycles. The van der Waals surface area contributed by atoms with E-state index < -0.39 is 10.0 Å². The Labute approximate surface area is 171 Å². The quantitative estimate of drug-likeness (QED) is 0.735. The molecule has 2 aromatic rings. The number of piperazine rings is 1. The average molecular weight is 425 g/mol. The molecule has 0 atom stereocenters. The Bertz CT molecular complexity index is 970. The molecule has 0 amide bonds. The van der Waals surface area contributed by atoms with Crippen molar-refractivity contribution < 1.29 is 17.9 Å².